The van der Waals surface area contributed by atoms with Crippen molar-refractivity contribution in [2.24, 2.45) is 0 Å². The van der Waals surface area contributed by atoms with E-state index in [2.05, 4.69) is 5.32 Å². The van der Waals surface area contributed by atoms with E-state index in [1.807, 2.05) is 0 Å². The fourth-order valence-electron chi connectivity index (χ4n) is 3.50. The molecular formula is C21H20F7N3O2. The molecule has 5 nitrogen and oxygen atoms in total. The van der Waals surface area contributed by atoms with E-state index in [-0.39, 0.29) is 24.8 Å². The second-order valence-electron chi connectivity index (χ2n) is 7.83. The van der Waals surface area contributed by atoms with Crippen LogP contribution >= 0.6 is 0 Å². The fraction of sp³-hybridized carbons (Fsp3) is 0.381. The third-order valence-electron chi connectivity index (χ3n) is 5.14. The zero-order chi connectivity index (χ0) is 24.6. The number of amides is 2. The van der Waals surface area contributed by atoms with Crippen molar-refractivity contribution in [1.82, 2.24) is 15.3 Å². The van der Waals surface area contributed by atoms with Gasteiger partial charge in [-0.25, -0.2) is 14.2 Å². The third-order valence-corrected chi connectivity index (χ3v) is 5.14. The molecule has 33 heavy (non-hydrogen) atoms. The normalized spacial score (nSPS) is 19.3. The van der Waals surface area contributed by atoms with E-state index in [9.17, 15) is 35.5 Å². The maximum atomic E-state index is 13.4. The summed E-state index contributed by atoms with van der Waals surface area (Å²) < 4.78 is 97.4. The number of nitrogens with zero attached hydrogens (tertiary/aromatic N) is 2. The van der Waals surface area contributed by atoms with Crippen molar-refractivity contribution in [2.45, 2.75) is 24.5 Å². The number of hydrazine groups is 1. The van der Waals surface area contributed by atoms with E-state index in [1.54, 1.807) is 14.1 Å². The molecule has 3 rings (SSSR count). The number of hydrogen-bond acceptors (Lipinski definition) is 3. The van der Waals surface area contributed by atoms with Crippen LogP contribution in [0.5, 0.6) is 0 Å². The van der Waals surface area contributed by atoms with Crippen LogP contribution in [0, 0.1) is 5.82 Å². The van der Waals surface area contributed by atoms with Crippen molar-refractivity contribution in [3.8, 4) is 0 Å². The lowest BCUT2D eigenvalue weighted by atomic mass is 9.91. The molecule has 0 aliphatic carbocycles. The standard InChI is InChI=1S/C21H20F7N3O2/c1-30(2)31-11-19(29-18(31)32,14-3-5-17(22)6-4-14)12-33-10-13-7-15(20(23,24)25)9-16(8-13)21(26,27)28/h3-9H,10-12H2,1-2H3,(H,29,32). The Labute approximate surface area is 184 Å². The maximum absolute atomic E-state index is 13.4. The lowest BCUT2D eigenvalue weighted by Gasteiger charge is -2.30. The van der Waals surface area contributed by atoms with Crippen molar-refractivity contribution in [2.75, 3.05) is 27.2 Å². The van der Waals surface area contributed by atoms with Crippen molar-refractivity contribution < 1.29 is 40.3 Å². The van der Waals surface area contributed by atoms with Crippen LogP contribution in [0.15, 0.2) is 42.5 Å². The first-order valence-corrected chi connectivity index (χ1v) is 9.60. The van der Waals surface area contributed by atoms with Gasteiger partial charge in [0.1, 0.15) is 11.4 Å². The van der Waals surface area contributed by atoms with Crippen molar-refractivity contribution >= 4 is 6.03 Å². The molecule has 2 aromatic rings. The van der Waals surface area contributed by atoms with Gasteiger partial charge in [0, 0.05) is 14.1 Å². The summed E-state index contributed by atoms with van der Waals surface area (Å²) in [6.45, 7) is -0.819. The molecular weight excluding hydrogens is 459 g/mol. The van der Waals surface area contributed by atoms with Gasteiger partial charge in [-0.15, -0.1) is 0 Å². The number of carbonyl (C=O) groups is 1. The van der Waals surface area contributed by atoms with E-state index >= 15 is 0 Å². The van der Waals surface area contributed by atoms with Crippen LogP contribution in [0.25, 0.3) is 0 Å². The minimum atomic E-state index is -4.98. The summed E-state index contributed by atoms with van der Waals surface area (Å²) in [5, 5.41) is 5.57. The maximum Gasteiger partial charge on any atom is 0.416 e. The summed E-state index contributed by atoms with van der Waals surface area (Å²) in [6, 6.07) is 5.89. The van der Waals surface area contributed by atoms with Crippen LogP contribution in [-0.2, 0) is 29.2 Å². The summed E-state index contributed by atoms with van der Waals surface area (Å²) >= 11 is 0. The molecule has 0 bridgehead atoms. The molecule has 2 aromatic carbocycles. The Morgan fingerprint density at radius 2 is 1.55 bits per heavy atom. The molecule has 1 saturated heterocycles. The van der Waals surface area contributed by atoms with E-state index < -0.39 is 47.5 Å². The highest BCUT2D eigenvalue weighted by molar-refractivity contribution is 5.78. The number of hydrogen-bond donors (Lipinski definition) is 1. The third kappa shape index (κ3) is 5.56. The van der Waals surface area contributed by atoms with Crippen molar-refractivity contribution in [3.63, 3.8) is 0 Å². The van der Waals surface area contributed by atoms with Crippen LogP contribution in [-0.4, -0.2) is 43.3 Å². The minimum absolute atomic E-state index is 0.0374. The summed E-state index contributed by atoms with van der Waals surface area (Å²) in [5.74, 6) is -0.521. The second kappa shape index (κ2) is 8.82. The molecule has 180 valence electrons. The molecule has 1 aliphatic rings. The SMILES string of the molecule is CN(C)N1CC(COCc2cc(C(F)(F)F)cc(C(F)(F)F)c2)(c2ccc(F)cc2)NC1=O. The van der Waals surface area contributed by atoms with E-state index in [0.29, 0.717) is 17.7 Å². The quantitative estimate of drug-likeness (QED) is 0.607. The molecule has 0 aromatic heterocycles. The number of benzene rings is 2. The minimum Gasteiger partial charge on any atom is -0.374 e. The molecule has 1 atom stereocenters. The molecule has 0 saturated carbocycles. The highest BCUT2D eigenvalue weighted by atomic mass is 19.4. The molecule has 1 heterocycles. The van der Waals surface area contributed by atoms with Gasteiger partial charge in [0.25, 0.3) is 0 Å². The van der Waals surface area contributed by atoms with Gasteiger partial charge in [0.15, 0.2) is 0 Å². The number of ether oxygens (including phenoxy) is 1. The molecule has 1 unspecified atom stereocenters. The van der Waals surface area contributed by atoms with Gasteiger partial charge in [-0.2, -0.15) is 26.3 Å². The van der Waals surface area contributed by atoms with Gasteiger partial charge in [0.05, 0.1) is 30.9 Å². The molecule has 2 amide bonds. The predicted octanol–water partition coefficient (Wildman–Crippen LogP) is 4.78. The van der Waals surface area contributed by atoms with E-state index in [0.717, 1.165) is 0 Å². The Bertz CT molecular complexity index is 974. The first-order chi connectivity index (χ1) is 15.2. The van der Waals surface area contributed by atoms with Crippen molar-refractivity contribution in [1.29, 1.82) is 0 Å². The fourth-order valence-corrected chi connectivity index (χ4v) is 3.50. The highest BCUT2D eigenvalue weighted by Crippen LogP contribution is 2.37. The Hall–Kier alpha value is -2.86. The van der Waals surface area contributed by atoms with Crippen LogP contribution in [0.3, 0.4) is 0 Å². The van der Waals surface area contributed by atoms with Gasteiger partial charge in [0.2, 0.25) is 0 Å². The van der Waals surface area contributed by atoms with Gasteiger partial charge in [-0.3, -0.25) is 5.01 Å². The zero-order valence-corrected chi connectivity index (χ0v) is 17.5. The summed E-state index contributed by atoms with van der Waals surface area (Å²) in [5.41, 5.74) is -3.97. The number of alkyl halides is 6. The highest BCUT2D eigenvalue weighted by Gasteiger charge is 2.45. The number of rotatable bonds is 6. The van der Waals surface area contributed by atoms with Crippen molar-refractivity contribution in [3.05, 3.63) is 70.5 Å². The Kier molecular flexibility index (Phi) is 6.62. The predicted molar refractivity (Wildman–Crippen MR) is 103 cm³/mol. The summed E-state index contributed by atoms with van der Waals surface area (Å²) in [7, 11) is 3.23. The Morgan fingerprint density at radius 3 is 2.00 bits per heavy atom. The van der Waals surface area contributed by atoms with Gasteiger partial charge >= 0.3 is 18.4 Å². The number of halogens is 7. The number of carbonyl (C=O) groups excluding carboxylic acids is 1. The second-order valence-corrected chi connectivity index (χ2v) is 7.83. The number of nitrogens with one attached hydrogen (secondary N) is 1. The lowest BCUT2D eigenvalue weighted by Crippen LogP contribution is -2.45. The van der Waals surface area contributed by atoms with E-state index in [1.165, 1.54) is 34.3 Å². The smallest absolute Gasteiger partial charge is 0.374 e. The Morgan fingerprint density at radius 1 is 1.00 bits per heavy atom. The molecule has 0 spiro atoms. The topological polar surface area (TPSA) is 44.8 Å². The Balaban J connectivity index is 1.87. The lowest BCUT2D eigenvalue weighted by molar-refractivity contribution is -0.143. The molecule has 1 aliphatic heterocycles. The largest absolute Gasteiger partial charge is 0.416 e. The summed E-state index contributed by atoms with van der Waals surface area (Å²) in [4.78, 5) is 12.4. The van der Waals surface area contributed by atoms with Gasteiger partial charge in [-0.05, 0) is 41.5 Å². The molecule has 1 fully saturated rings. The summed E-state index contributed by atoms with van der Waals surface area (Å²) in [6.07, 6.45) is -9.95. The number of urea groups is 1. The zero-order valence-electron chi connectivity index (χ0n) is 17.5. The molecule has 12 heteroatoms. The average molecular weight is 479 g/mol. The van der Waals surface area contributed by atoms with Crippen LogP contribution in [0.1, 0.15) is 22.3 Å². The van der Waals surface area contributed by atoms with Crippen LogP contribution in [0.4, 0.5) is 35.5 Å². The van der Waals surface area contributed by atoms with Crippen LogP contribution in [0.2, 0.25) is 0 Å². The average Bonchev–Trinajstić information content (AvgIpc) is 3.05. The monoisotopic (exact) mass is 479 g/mol. The van der Waals surface area contributed by atoms with Gasteiger partial charge < -0.3 is 10.1 Å². The van der Waals surface area contributed by atoms with Gasteiger partial charge in [-0.1, -0.05) is 12.1 Å². The first-order valence-electron chi connectivity index (χ1n) is 9.60. The molecule has 0 radical (unpaired) electrons. The van der Waals surface area contributed by atoms with Crippen LogP contribution < -0.4 is 5.32 Å². The first kappa shape index (κ1) is 24.8. The van der Waals surface area contributed by atoms with E-state index in [4.69, 9.17) is 4.74 Å². The molecule has 1 N–H and O–H groups in total.